The lowest BCUT2D eigenvalue weighted by atomic mass is 10.3. The van der Waals surface area contributed by atoms with Crippen LogP contribution >= 0.6 is 34.8 Å². The van der Waals surface area contributed by atoms with Crippen LogP contribution in [-0.4, -0.2) is 16.1 Å². The molecule has 0 aromatic rings. The summed E-state index contributed by atoms with van der Waals surface area (Å²) in [6.45, 7) is 0.694. The molecule has 0 saturated heterocycles. The van der Waals surface area contributed by atoms with Crippen LogP contribution in [0.5, 0.6) is 0 Å². The highest BCUT2D eigenvalue weighted by atomic mass is 35.6. The summed E-state index contributed by atoms with van der Waals surface area (Å²) in [5, 5.41) is 0. The van der Waals surface area contributed by atoms with E-state index >= 15 is 0 Å². The van der Waals surface area contributed by atoms with Crippen molar-refractivity contribution >= 4 is 40.8 Å². The Morgan fingerprint density at radius 3 is 2.00 bits per heavy atom. The zero-order chi connectivity index (χ0) is 11.6. The first-order valence-corrected chi connectivity index (χ1v) is 4.21. The van der Waals surface area contributed by atoms with Crippen molar-refractivity contribution in [2.75, 3.05) is 0 Å². The van der Waals surface area contributed by atoms with Crippen LogP contribution in [0.25, 0.3) is 0 Å². The number of carbonyl (C=O) groups is 1. The molecular weight excluding hydrogens is 267 g/mol. The van der Waals surface area contributed by atoms with Gasteiger partial charge in [-0.1, -0.05) is 0 Å². The smallest absolute Gasteiger partial charge is 0.411 e. The van der Waals surface area contributed by atoms with E-state index in [4.69, 9.17) is 34.8 Å². The van der Waals surface area contributed by atoms with Gasteiger partial charge >= 0.3 is 16.1 Å². The molecule has 14 heavy (non-hydrogen) atoms. The second-order valence-corrected chi connectivity index (χ2v) is 4.37. The molecule has 0 atom stereocenters. The Hall–Kier alpha value is -0.130. The molecule has 0 aromatic carbocycles. The Bertz CT molecular complexity index is 254. The van der Waals surface area contributed by atoms with Gasteiger partial charge in [0.2, 0.25) is 0 Å². The largest absolute Gasteiger partial charge is 0.412 e. The third kappa shape index (κ3) is 6.34. The Labute approximate surface area is 92.6 Å². The molecule has 0 aromatic heterocycles. The number of esters is 1. The summed E-state index contributed by atoms with van der Waals surface area (Å²) in [4.78, 5) is 10.7. The fraction of sp³-hybridized carbons (Fsp3) is 0.500. The van der Waals surface area contributed by atoms with E-state index in [0.29, 0.717) is 6.92 Å². The number of allylic oxidation sites excluding steroid dienone is 1. The molecule has 0 rings (SSSR count). The summed E-state index contributed by atoms with van der Waals surface area (Å²) < 4.78 is 37.2. The Kier molecular flexibility index (Phi) is 4.55. The van der Waals surface area contributed by atoms with Gasteiger partial charge in [0.05, 0.1) is 0 Å². The number of hydrogen-bond donors (Lipinski definition) is 0. The van der Waals surface area contributed by atoms with Gasteiger partial charge in [-0.05, 0) is 41.7 Å². The Morgan fingerprint density at radius 2 is 1.71 bits per heavy atom. The third-order valence-corrected chi connectivity index (χ3v) is 1.23. The Balaban J connectivity index is 4.46. The first-order chi connectivity index (χ1) is 6.02. The first kappa shape index (κ1) is 13.9. The highest BCUT2D eigenvalue weighted by Crippen LogP contribution is 2.29. The maximum absolute atomic E-state index is 11.9. The van der Waals surface area contributed by atoms with Gasteiger partial charge in [-0.25, -0.2) is 4.79 Å². The number of carbonyl (C=O) groups excluding carboxylic acids is 1. The molecule has 0 fully saturated rings. The average Bonchev–Trinajstić information content (AvgIpc) is 1.79. The van der Waals surface area contributed by atoms with Gasteiger partial charge in [-0.3, -0.25) is 0 Å². The van der Waals surface area contributed by atoms with Crippen molar-refractivity contribution in [2.24, 2.45) is 0 Å². The maximum Gasteiger partial charge on any atom is 0.412 e. The number of alkyl halides is 6. The van der Waals surface area contributed by atoms with Crippen molar-refractivity contribution in [2.45, 2.75) is 17.1 Å². The van der Waals surface area contributed by atoms with Crippen LogP contribution in [0.4, 0.5) is 13.2 Å². The lowest BCUT2D eigenvalue weighted by molar-refractivity contribution is -0.139. The van der Waals surface area contributed by atoms with Gasteiger partial charge < -0.3 is 4.74 Å². The number of halogens is 6. The number of hydrogen-bond acceptors (Lipinski definition) is 2. The molecule has 0 radical (unpaired) electrons. The fourth-order valence-electron chi connectivity index (χ4n) is 0.402. The highest BCUT2D eigenvalue weighted by molar-refractivity contribution is 6.66. The topological polar surface area (TPSA) is 26.3 Å². The van der Waals surface area contributed by atoms with E-state index in [1.807, 2.05) is 0 Å². The van der Waals surface area contributed by atoms with Crippen molar-refractivity contribution in [3.8, 4) is 0 Å². The summed E-state index contributed by atoms with van der Waals surface area (Å²) in [7, 11) is 0. The molecule has 0 unspecified atom stereocenters. The third-order valence-electron chi connectivity index (χ3n) is 0.998. The molecule has 2 nitrogen and oxygen atoms in total. The van der Waals surface area contributed by atoms with E-state index in [9.17, 15) is 18.0 Å². The fourth-order valence-corrected chi connectivity index (χ4v) is 0.630. The second-order valence-electron chi connectivity index (χ2n) is 2.19. The number of ether oxygens (including phenoxy) is 1. The van der Waals surface area contributed by atoms with Crippen LogP contribution in [-0.2, 0) is 9.53 Å². The van der Waals surface area contributed by atoms with Crippen LogP contribution in [0.15, 0.2) is 11.6 Å². The van der Waals surface area contributed by atoms with Gasteiger partial charge in [0.1, 0.15) is 0 Å². The van der Waals surface area contributed by atoms with Gasteiger partial charge in [-0.2, -0.15) is 13.2 Å². The minimum absolute atomic E-state index is 0.196. The van der Waals surface area contributed by atoms with E-state index in [-0.39, 0.29) is 6.08 Å². The van der Waals surface area contributed by atoms with E-state index in [1.54, 1.807) is 0 Å². The average molecular weight is 271 g/mol. The van der Waals surface area contributed by atoms with Gasteiger partial charge in [0.25, 0.3) is 0 Å². The predicted octanol–water partition coefficient (Wildman–Crippen LogP) is 3.37. The van der Waals surface area contributed by atoms with Crippen LogP contribution in [0.3, 0.4) is 0 Å². The minimum Gasteiger partial charge on any atom is -0.411 e. The van der Waals surface area contributed by atoms with Crippen molar-refractivity contribution < 1.29 is 22.7 Å². The number of rotatable bonds is 1. The van der Waals surface area contributed by atoms with E-state index in [1.165, 1.54) is 0 Å². The monoisotopic (exact) mass is 270 g/mol. The van der Waals surface area contributed by atoms with Gasteiger partial charge in [-0.15, -0.1) is 0 Å². The molecule has 0 aliphatic heterocycles. The molecular formula is C6H4Cl3F3O2. The van der Waals surface area contributed by atoms with Crippen molar-refractivity contribution in [3.63, 3.8) is 0 Å². The standard InChI is InChI=1S/C6H4Cl3F3O2/c1-3(5(10,11)12)2-4(13)14-6(7,8)9/h2H,1H3/b3-2-. The van der Waals surface area contributed by atoms with E-state index in [2.05, 4.69) is 4.74 Å². The molecule has 8 heteroatoms. The Morgan fingerprint density at radius 1 is 1.29 bits per heavy atom. The molecule has 0 bridgehead atoms. The molecule has 0 aliphatic carbocycles. The molecule has 0 saturated carbocycles. The molecule has 0 aliphatic rings. The normalized spacial score (nSPS) is 14.1. The molecule has 0 spiro atoms. The summed E-state index contributed by atoms with van der Waals surface area (Å²) in [5.41, 5.74) is -1.14. The van der Waals surface area contributed by atoms with Crippen LogP contribution in [0.1, 0.15) is 6.92 Å². The van der Waals surface area contributed by atoms with Crippen LogP contribution in [0.2, 0.25) is 0 Å². The zero-order valence-electron chi connectivity index (χ0n) is 6.66. The second kappa shape index (κ2) is 4.59. The van der Waals surface area contributed by atoms with Crippen molar-refractivity contribution in [3.05, 3.63) is 11.6 Å². The lowest BCUT2D eigenvalue weighted by Gasteiger charge is -2.11. The van der Waals surface area contributed by atoms with Crippen molar-refractivity contribution in [1.82, 2.24) is 0 Å². The predicted molar refractivity (Wildman–Crippen MR) is 46.2 cm³/mol. The SMILES string of the molecule is C/C(=C/C(=O)OC(Cl)(Cl)Cl)C(F)(F)F. The van der Waals surface area contributed by atoms with E-state index in [0.717, 1.165) is 0 Å². The summed E-state index contributed by atoms with van der Waals surface area (Å²) in [5.74, 6) is -1.38. The summed E-state index contributed by atoms with van der Waals surface area (Å²) in [6.07, 6.45) is -4.41. The van der Waals surface area contributed by atoms with Gasteiger partial charge in [0.15, 0.2) is 0 Å². The molecule has 0 amide bonds. The van der Waals surface area contributed by atoms with Crippen molar-refractivity contribution in [1.29, 1.82) is 0 Å². The van der Waals surface area contributed by atoms with Crippen LogP contribution < -0.4 is 0 Å². The first-order valence-electron chi connectivity index (χ1n) is 3.07. The molecule has 0 N–H and O–H groups in total. The van der Waals surface area contributed by atoms with E-state index < -0.39 is 21.7 Å². The summed E-state index contributed by atoms with van der Waals surface area (Å²) in [6, 6.07) is 0. The molecule has 82 valence electrons. The quantitative estimate of drug-likeness (QED) is 0.415. The maximum atomic E-state index is 11.9. The molecule has 0 heterocycles. The van der Waals surface area contributed by atoms with Crippen LogP contribution in [0, 0.1) is 0 Å². The summed E-state index contributed by atoms with van der Waals surface area (Å²) >= 11 is 15.0. The van der Waals surface area contributed by atoms with Gasteiger partial charge in [0, 0.05) is 11.6 Å². The lowest BCUT2D eigenvalue weighted by Crippen LogP contribution is -2.17. The minimum atomic E-state index is -4.60. The zero-order valence-corrected chi connectivity index (χ0v) is 8.93. The highest BCUT2D eigenvalue weighted by Gasteiger charge is 2.32.